The van der Waals surface area contributed by atoms with Crippen molar-refractivity contribution in [2.24, 2.45) is 0 Å². The van der Waals surface area contributed by atoms with E-state index in [1.165, 1.54) is 4.90 Å². The molecule has 4 rings (SSSR count). The van der Waals surface area contributed by atoms with Gasteiger partial charge in [-0.15, -0.1) is 0 Å². The van der Waals surface area contributed by atoms with Crippen LogP contribution in [0.1, 0.15) is 31.0 Å². The van der Waals surface area contributed by atoms with E-state index >= 15 is 0 Å². The van der Waals surface area contributed by atoms with Crippen LogP contribution in [0.4, 0.5) is 5.82 Å². The molecule has 1 atom stereocenters. The van der Waals surface area contributed by atoms with Crippen molar-refractivity contribution in [2.45, 2.75) is 26.0 Å². The van der Waals surface area contributed by atoms with Crippen molar-refractivity contribution >= 4 is 23.3 Å². The number of amides is 1. The Morgan fingerprint density at radius 3 is 2.26 bits per heavy atom. The van der Waals surface area contributed by atoms with Gasteiger partial charge in [0.1, 0.15) is 17.3 Å². The van der Waals surface area contributed by atoms with Crippen molar-refractivity contribution < 1.29 is 19.4 Å². The van der Waals surface area contributed by atoms with Gasteiger partial charge in [-0.25, -0.2) is 4.98 Å². The maximum atomic E-state index is 13.0. The summed E-state index contributed by atoms with van der Waals surface area (Å²) in [5.41, 5.74) is 1.16. The Morgan fingerprint density at radius 1 is 0.968 bits per heavy atom. The van der Waals surface area contributed by atoms with Crippen LogP contribution in [-0.4, -0.2) is 27.9 Å². The summed E-state index contributed by atoms with van der Waals surface area (Å²) in [5, 5.41) is 11.1. The van der Waals surface area contributed by atoms with Crippen LogP contribution in [0.2, 0.25) is 0 Å². The zero-order valence-corrected chi connectivity index (χ0v) is 17.2. The summed E-state index contributed by atoms with van der Waals surface area (Å²) >= 11 is 0. The summed E-state index contributed by atoms with van der Waals surface area (Å²) in [5.74, 6) is -0.714. The van der Waals surface area contributed by atoms with Crippen LogP contribution < -0.4 is 9.64 Å². The Labute approximate surface area is 180 Å². The fourth-order valence-corrected chi connectivity index (χ4v) is 3.63. The number of Topliss-reactive ketones (excluding diaryl/α,β-unsaturated/α-hetero) is 1. The zero-order valence-electron chi connectivity index (χ0n) is 17.2. The Hall–Kier alpha value is -3.93. The first-order valence-electron chi connectivity index (χ1n) is 10.0. The van der Waals surface area contributed by atoms with Gasteiger partial charge in [-0.1, -0.05) is 36.4 Å². The molecule has 1 aromatic heterocycles. The SMILES string of the molecule is CC(C)Oc1ccc(/C(O)=C2\C(=O)C(=O)N(c3ccccn3)C2c2ccccc2)cc1. The molecule has 1 N–H and O–H groups in total. The number of aliphatic hydroxyl groups is 1. The molecule has 0 saturated carbocycles. The molecule has 1 fully saturated rings. The van der Waals surface area contributed by atoms with E-state index in [9.17, 15) is 14.7 Å². The molecule has 0 spiro atoms. The van der Waals surface area contributed by atoms with E-state index in [2.05, 4.69) is 4.98 Å². The molecule has 0 radical (unpaired) electrons. The van der Waals surface area contributed by atoms with Gasteiger partial charge in [-0.2, -0.15) is 0 Å². The first kappa shape index (κ1) is 20.3. The molecule has 0 aliphatic carbocycles. The second-order valence-corrected chi connectivity index (χ2v) is 7.46. The number of ketones is 1. The largest absolute Gasteiger partial charge is 0.507 e. The second-order valence-electron chi connectivity index (χ2n) is 7.46. The van der Waals surface area contributed by atoms with Crippen molar-refractivity contribution in [3.05, 3.63) is 95.7 Å². The number of hydrogen-bond acceptors (Lipinski definition) is 5. The Kier molecular flexibility index (Phi) is 5.54. The summed E-state index contributed by atoms with van der Waals surface area (Å²) in [7, 11) is 0. The third-order valence-electron chi connectivity index (χ3n) is 4.96. The van der Waals surface area contributed by atoms with Crippen LogP contribution in [0.5, 0.6) is 5.75 Å². The molecular weight excluding hydrogens is 392 g/mol. The van der Waals surface area contributed by atoms with Gasteiger partial charge < -0.3 is 9.84 Å². The molecule has 1 amide bonds. The highest BCUT2D eigenvalue weighted by Gasteiger charge is 2.47. The molecule has 1 unspecified atom stereocenters. The number of hydrogen-bond donors (Lipinski definition) is 1. The van der Waals surface area contributed by atoms with Crippen LogP contribution in [-0.2, 0) is 9.59 Å². The summed E-state index contributed by atoms with van der Waals surface area (Å²) in [6, 6.07) is 20.3. The summed E-state index contributed by atoms with van der Waals surface area (Å²) in [6.07, 6.45) is 1.57. The number of pyridine rings is 1. The Morgan fingerprint density at radius 2 is 1.65 bits per heavy atom. The van der Waals surface area contributed by atoms with E-state index in [-0.39, 0.29) is 17.4 Å². The first-order valence-corrected chi connectivity index (χ1v) is 10.0. The number of rotatable bonds is 5. The van der Waals surface area contributed by atoms with Crippen LogP contribution in [0.25, 0.3) is 5.76 Å². The van der Waals surface area contributed by atoms with Gasteiger partial charge in [0, 0.05) is 11.8 Å². The van der Waals surface area contributed by atoms with Crippen LogP contribution in [0.15, 0.2) is 84.6 Å². The van der Waals surface area contributed by atoms with E-state index in [1.54, 1.807) is 48.7 Å². The fraction of sp³-hybridized carbons (Fsp3) is 0.160. The van der Waals surface area contributed by atoms with Gasteiger partial charge in [-0.3, -0.25) is 14.5 Å². The topological polar surface area (TPSA) is 79.7 Å². The van der Waals surface area contributed by atoms with E-state index in [0.717, 1.165) is 0 Å². The van der Waals surface area contributed by atoms with E-state index in [4.69, 9.17) is 4.74 Å². The summed E-state index contributed by atoms with van der Waals surface area (Å²) < 4.78 is 5.64. The van der Waals surface area contributed by atoms with Gasteiger partial charge in [0.15, 0.2) is 0 Å². The average molecular weight is 414 g/mol. The minimum Gasteiger partial charge on any atom is -0.507 e. The third-order valence-corrected chi connectivity index (χ3v) is 4.96. The van der Waals surface area contributed by atoms with Gasteiger partial charge in [0.25, 0.3) is 5.78 Å². The molecule has 2 aromatic carbocycles. The average Bonchev–Trinajstić information content (AvgIpc) is 3.05. The number of aliphatic hydroxyl groups excluding tert-OH is 1. The molecule has 0 bridgehead atoms. The quantitative estimate of drug-likeness (QED) is 0.378. The zero-order chi connectivity index (χ0) is 22.0. The number of ether oxygens (including phenoxy) is 1. The number of aromatic nitrogens is 1. The molecular formula is C25H22N2O4. The highest BCUT2D eigenvalue weighted by atomic mass is 16.5. The molecule has 1 aliphatic heterocycles. The molecule has 31 heavy (non-hydrogen) atoms. The van der Waals surface area contributed by atoms with Gasteiger partial charge >= 0.3 is 5.91 Å². The predicted octanol–water partition coefficient (Wildman–Crippen LogP) is 4.50. The minimum atomic E-state index is -0.789. The van der Waals surface area contributed by atoms with Crippen LogP contribution in [0, 0.1) is 0 Å². The summed E-state index contributed by atoms with van der Waals surface area (Å²) in [6.45, 7) is 3.85. The second kappa shape index (κ2) is 8.44. The standard InChI is InChI=1S/C25H22N2O4/c1-16(2)31-19-13-11-18(12-14-19)23(28)21-22(17-8-4-3-5-9-17)27(25(30)24(21)29)20-10-6-7-15-26-20/h3-16,22,28H,1-2H3/b23-21+. The number of benzene rings is 2. The fourth-order valence-electron chi connectivity index (χ4n) is 3.63. The molecule has 1 saturated heterocycles. The molecule has 6 nitrogen and oxygen atoms in total. The number of anilines is 1. The number of carbonyl (C=O) groups excluding carboxylic acids is 2. The maximum absolute atomic E-state index is 13.0. The van der Waals surface area contributed by atoms with Gasteiger partial charge in [-0.05, 0) is 55.8 Å². The van der Waals surface area contributed by atoms with Gasteiger partial charge in [0.2, 0.25) is 0 Å². The molecule has 3 aromatic rings. The van der Waals surface area contributed by atoms with Crippen molar-refractivity contribution in [3.8, 4) is 5.75 Å². The van der Waals surface area contributed by atoms with Crippen molar-refractivity contribution in [2.75, 3.05) is 4.90 Å². The lowest BCUT2D eigenvalue weighted by Gasteiger charge is -2.24. The summed E-state index contributed by atoms with van der Waals surface area (Å²) in [4.78, 5) is 31.6. The van der Waals surface area contributed by atoms with Crippen LogP contribution in [0.3, 0.4) is 0 Å². The number of carbonyl (C=O) groups is 2. The predicted molar refractivity (Wildman–Crippen MR) is 118 cm³/mol. The maximum Gasteiger partial charge on any atom is 0.301 e. The van der Waals surface area contributed by atoms with Crippen LogP contribution >= 0.6 is 0 Å². The lowest BCUT2D eigenvalue weighted by Crippen LogP contribution is -2.30. The highest BCUT2D eigenvalue weighted by Crippen LogP contribution is 2.41. The minimum absolute atomic E-state index is 0.0150. The Bertz CT molecular complexity index is 1120. The number of nitrogens with zero attached hydrogens (tertiary/aromatic N) is 2. The van der Waals surface area contributed by atoms with Crippen molar-refractivity contribution in [1.82, 2.24) is 4.98 Å². The van der Waals surface area contributed by atoms with E-state index in [0.29, 0.717) is 22.7 Å². The lowest BCUT2D eigenvalue weighted by molar-refractivity contribution is -0.132. The Balaban J connectivity index is 1.84. The highest BCUT2D eigenvalue weighted by molar-refractivity contribution is 6.51. The molecule has 156 valence electrons. The van der Waals surface area contributed by atoms with E-state index < -0.39 is 17.7 Å². The third kappa shape index (κ3) is 3.92. The molecule has 2 heterocycles. The molecule has 6 heteroatoms. The smallest absolute Gasteiger partial charge is 0.301 e. The van der Waals surface area contributed by atoms with Crippen molar-refractivity contribution in [3.63, 3.8) is 0 Å². The van der Waals surface area contributed by atoms with Crippen molar-refractivity contribution in [1.29, 1.82) is 0 Å². The lowest BCUT2D eigenvalue weighted by atomic mass is 9.95. The van der Waals surface area contributed by atoms with Gasteiger partial charge in [0.05, 0.1) is 17.7 Å². The first-order chi connectivity index (χ1) is 15.0. The monoisotopic (exact) mass is 414 g/mol. The normalized spacial score (nSPS) is 17.9. The van der Waals surface area contributed by atoms with E-state index in [1.807, 2.05) is 44.2 Å². The molecule has 1 aliphatic rings.